The number of thiophene rings is 1. The molecule has 1 heterocycles. The second-order valence-corrected chi connectivity index (χ2v) is 8.32. The zero-order chi connectivity index (χ0) is 14.8. The number of sulfonamides is 1. The molecule has 20 heavy (non-hydrogen) atoms. The largest absolute Gasteiger partial charge is 0.315 e. The van der Waals surface area contributed by atoms with E-state index in [0.717, 1.165) is 9.35 Å². The van der Waals surface area contributed by atoms with Crippen molar-refractivity contribution in [1.29, 1.82) is 0 Å². The van der Waals surface area contributed by atoms with E-state index in [-0.39, 0.29) is 4.21 Å². The van der Waals surface area contributed by atoms with E-state index in [0.29, 0.717) is 17.3 Å². The Hall–Kier alpha value is -0.600. The number of rotatable bonds is 5. The molecular weight excluding hydrogens is 384 g/mol. The minimum Gasteiger partial charge on any atom is -0.315 e. The average molecular weight is 396 g/mol. The van der Waals surface area contributed by atoms with Crippen LogP contribution in [0, 0.1) is 0 Å². The van der Waals surface area contributed by atoms with Gasteiger partial charge in [-0.15, -0.1) is 11.3 Å². The van der Waals surface area contributed by atoms with Crippen LogP contribution in [0.4, 0.5) is 5.69 Å². The molecule has 4 nitrogen and oxygen atoms in total. The summed E-state index contributed by atoms with van der Waals surface area (Å²) in [4.78, 5) is 0.960. The first-order chi connectivity index (χ1) is 9.42. The summed E-state index contributed by atoms with van der Waals surface area (Å²) in [6, 6.07) is 8.30. The lowest BCUT2D eigenvalue weighted by molar-refractivity contribution is 0.603. The zero-order valence-electron chi connectivity index (χ0n) is 10.5. The van der Waals surface area contributed by atoms with E-state index in [4.69, 9.17) is 11.6 Å². The Morgan fingerprint density at radius 2 is 2.05 bits per heavy atom. The van der Waals surface area contributed by atoms with Crippen LogP contribution < -0.4 is 10.0 Å². The Bertz CT molecular complexity index is 716. The molecule has 0 fully saturated rings. The predicted molar refractivity (Wildman–Crippen MR) is 87.0 cm³/mol. The fourth-order valence-electron chi connectivity index (χ4n) is 1.54. The Kier molecular flexibility index (Phi) is 5.09. The van der Waals surface area contributed by atoms with Crippen LogP contribution in [0.25, 0.3) is 0 Å². The van der Waals surface area contributed by atoms with Crippen LogP contribution in [-0.2, 0) is 16.6 Å². The third-order valence-corrected chi connectivity index (χ3v) is 6.62. The number of halogens is 2. The van der Waals surface area contributed by atoms with Gasteiger partial charge in [-0.1, -0.05) is 11.6 Å². The van der Waals surface area contributed by atoms with Crippen LogP contribution in [0.15, 0.2) is 39.0 Å². The Morgan fingerprint density at radius 1 is 1.30 bits per heavy atom. The molecule has 0 aliphatic carbocycles. The van der Waals surface area contributed by atoms with E-state index in [1.165, 1.54) is 11.3 Å². The summed E-state index contributed by atoms with van der Waals surface area (Å²) >= 11 is 10.4. The molecule has 2 N–H and O–H groups in total. The lowest BCUT2D eigenvalue weighted by Gasteiger charge is -2.07. The molecule has 108 valence electrons. The van der Waals surface area contributed by atoms with Gasteiger partial charge in [-0.05, 0) is 53.3 Å². The molecule has 1 aromatic heterocycles. The van der Waals surface area contributed by atoms with Crippen molar-refractivity contribution in [3.05, 3.63) is 44.7 Å². The van der Waals surface area contributed by atoms with Crippen LogP contribution in [0.5, 0.6) is 0 Å². The normalized spacial score (nSPS) is 11.6. The average Bonchev–Trinajstić information content (AvgIpc) is 2.83. The molecule has 0 amide bonds. The standard InChI is InChI=1S/C12H12BrClN2O2S2/c1-15-7-9-3-5-12(19-9)20(17,18)16-8-2-4-10(13)11(14)6-8/h2-6,15-16H,7H2,1H3. The maximum Gasteiger partial charge on any atom is 0.271 e. The van der Waals surface area contributed by atoms with Gasteiger partial charge in [-0.3, -0.25) is 4.72 Å². The summed E-state index contributed by atoms with van der Waals surface area (Å²) in [6.45, 7) is 0.643. The third-order valence-electron chi connectivity index (χ3n) is 2.42. The molecule has 0 bridgehead atoms. The molecule has 0 aliphatic heterocycles. The molecule has 0 spiro atoms. The smallest absolute Gasteiger partial charge is 0.271 e. The minimum atomic E-state index is -3.57. The maximum atomic E-state index is 12.2. The molecule has 0 unspecified atom stereocenters. The Labute approximate surface area is 135 Å². The summed E-state index contributed by atoms with van der Waals surface area (Å²) < 4.78 is 28.0. The second kappa shape index (κ2) is 6.44. The first-order valence-electron chi connectivity index (χ1n) is 5.63. The summed E-state index contributed by atoms with van der Waals surface area (Å²) in [6.07, 6.45) is 0. The maximum absolute atomic E-state index is 12.2. The summed E-state index contributed by atoms with van der Waals surface area (Å²) in [5, 5.41) is 3.44. The van der Waals surface area contributed by atoms with Gasteiger partial charge in [0.25, 0.3) is 10.0 Å². The van der Waals surface area contributed by atoms with Crippen LogP contribution in [0.1, 0.15) is 4.88 Å². The molecule has 2 aromatic rings. The molecule has 0 aliphatic rings. The van der Waals surface area contributed by atoms with Gasteiger partial charge in [-0.2, -0.15) is 0 Å². The highest BCUT2D eigenvalue weighted by Crippen LogP contribution is 2.28. The number of nitrogens with one attached hydrogen (secondary N) is 2. The van der Waals surface area contributed by atoms with Crippen molar-refractivity contribution in [3.63, 3.8) is 0 Å². The highest BCUT2D eigenvalue weighted by molar-refractivity contribution is 9.10. The van der Waals surface area contributed by atoms with Gasteiger partial charge in [0.1, 0.15) is 4.21 Å². The van der Waals surface area contributed by atoms with Crippen molar-refractivity contribution in [2.45, 2.75) is 10.8 Å². The first-order valence-corrected chi connectivity index (χ1v) is 9.10. The zero-order valence-corrected chi connectivity index (χ0v) is 14.5. The molecule has 0 saturated carbocycles. The van der Waals surface area contributed by atoms with Crippen molar-refractivity contribution < 1.29 is 8.42 Å². The van der Waals surface area contributed by atoms with E-state index in [1.807, 2.05) is 7.05 Å². The van der Waals surface area contributed by atoms with E-state index in [2.05, 4.69) is 26.0 Å². The molecule has 2 rings (SSSR count). The molecule has 0 radical (unpaired) electrons. The van der Waals surface area contributed by atoms with Gasteiger partial charge in [0, 0.05) is 15.9 Å². The van der Waals surface area contributed by atoms with E-state index < -0.39 is 10.0 Å². The fourth-order valence-corrected chi connectivity index (χ4v) is 4.38. The molecule has 0 saturated heterocycles. The van der Waals surface area contributed by atoms with Crippen molar-refractivity contribution in [3.8, 4) is 0 Å². The number of anilines is 1. The van der Waals surface area contributed by atoms with Gasteiger partial charge in [0.2, 0.25) is 0 Å². The van der Waals surface area contributed by atoms with Gasteiger partial charge in [-0.25, -0.2) is 8.42 Å². The third kappa shape index (κ3) is 3.73. The highest BCUT2D eigenvalue weighted by Gasteiger charge is 2.17. The summed E-state index contributed by atoms with van der Waals surface area (Å²) in [5.74, 6) is 0. The lowest BCUT2D eigenvalue weighted by atomic mass is 10.3. The van der Waals surface area contributed by atoms with E-state index in [1.54, 1.807) is 30.3 Å². The summed E-state index contributed by atoms with van der Waals surface area (Å²) in [7, 11) is -1.76. The first kappa shape index (κ1) is 15.8. The van der Waals surface area contributed by atoms with Crippen molar-refractivity contribution in [2.75, 3.05) is 11.8 Å². The monoisotopic (exact) mass is 394 g/mol. The second-order valence-electron chi connectivity index (χ2n) is 3.99. The Balaban J connectivity index is 2.23. The van der Waals surface area contributed by atoms with Crippen LogP contribution in [0.2, 0.25) is 5.02 Å². The Morgan fingerprint density at radius 3 is 2.70 bits per heavy atom. The summed E-state index contributed by atoms with van der Waals surface area (Å²) in [5.41, 5.74) is 0.432. The highest BCUT2D eigenvalue weighted by atomic mass is 79.9. The number of hydrogen-bond donors (Lipinski definition) is 2. The van der Waals surface area contributed by atoms with Crippen LogP contribution >= 0.6 is 38.9 Å². The number of hydrogen-bond acceptors (Lipinski definition) is 4. The van der Waals surface area contributed by atoms with E-state index >= 15 is 0 Å². The topological polar surface area (TPSA) is 58.2 Å². The quantitative estimate of drug-likeness (QED) is 0.812. The van der Waals surface area contributed by atoms with Gasteiger partial charge >= 0.3 is 0 Å². The molecule has 0 atom stereocenters. The van der Waals surface area contributed by atoms with E-state index in [9.17, 15) is 8.42 Å². The van der Waals surface area contributed by atoms with Crippen molar-refractivity contribution in [1.82, 2.24) is 5.32 Å². The van der Waals surface area contributed by atoms with Gasteiger partial charge in [0.15, 0.2) is 0 Å². The number of benzene rings is 1. The van der Waals surface area contributed by atoms with Crippen LogP contribution in [0.3, 0.4) is 0 Å². The van der Waals surface area contributed by atoms with Gasteiger partial charge < -0.3 is 5.32 Å². The van der Waals surface area contributed by atoms with Crippen molar-refractivity contribution >= 4 is 54.6 Å². The molecular formula is C12H12BrClN2O2S2. The van der Waals surface area contributed by atoms with Crippen LogP contribution in [-0.4, -0.2) is 15.5 Å². The predicted octanol–water partition coefficient (Wildman–Crippen LogP) is 3.68. The molecule has 8 heteroatoms. The van der Waals surface area contributed by atoms with Crippen molar-refractivity contribution in [2.24, 2.45) is 0 Å². The SMILES string of the molecule is CNCc1ccc(S(=O)(=O)Nc2ccc(Br)c(Cl)c2)s1. The molecule has 1 aromatic carbocycles. The van der Waals surface area contributed by atoms with Gasteiger partial charge in [0.05, 0.1) is 10.7 Å². The lowest BCUT2D eigenvalue weighted by Crippen LogP contribution is -2.11. The minimum absolute atomic E-state index is 0.279. The fraction of sp³-hybridized carbons (Fsp3) is 0.167.